The third kappa shape index (κ3) is 3.78. The summed E-state index contributed by atoms with van der Waals surface area (Å²) >= 11 is 0. The van der Waals surface area contributed by atoms with Crippen LogP contribution in [-0.4, -0.2) is 13.3 Å². The Bertz CT molecular complexity index is 808. The fraction of sp³-hybridized carbons (Fsp3) is 0.190. The van der Waals surface area contributed by atoms with Crippen molar-refractivity contribution in [1.82, 2.24) is 0 Å². The number of rotatable bonds is 5. The van der Waals surface area contributed by atoms with Gasteiger partial charge >= 0.3 is 0 Å². The van der Waals surface area contributed by atoms with E-state index >= 15 is 0 Å². The number of ether oxygens (including phenoxy) is 1. The van der Waals surface area contributed by atoms with E-state index in [0.29, 0.717) is 5.92 Å². The van der Waals surface area contributed by atoms with Crippen LogP contribution in [0.15, 0.2) is 71.7 Å². The molecular formula is C21H21NO. The summed E-state index contributed by atoms with van der Waals surface area (Å²) in [6.45, 7) is 2.91. The molecule has 0 fully saturated rings. The number of hydrogen-bond acceptors (Lipinski definition) is 2. The van der Waals surface area contributed by atoms with Crippen molar-refractivity contribution in [2.75, 3.05) is 7.11 Å². The molecule has 0 amide bonds. The zero-order valence-electron chi connectivity index (χ0n) is 13.6. The molecule has 1 atom stereocenters. The molecule has 3 rings (SSSR count). The maximum atomic E-state index is 5.27. The smallest absolute Gasteiger partial charge is 0.119 e. The molecule has 0 aliphatic heterocycles. The van der Waals surface area contributed by atoms with Crippen molar-refractivity contribution >= 4 is 17.0 Å². The van der Waals surface area contributed by atoms with E-state index in [2.05, 4.69) is 54.4 Å². The number of hydrogen-bond donors (Lipinski definition) is 0. The summed E-state index contributed by atoms with van der Waals surface area (Å²) in [5, 5.41) is 2.42. The zero-order valence-corrected chi connectivity index (χ0v) is 13.6. The van der Waals surface area contributed by atoms with Crippen LogP contribution in [0.25, 0.3) is 10.8 Å². The van der Waals surface area contributed by atoms with Gasteiger partial charge in [-0.15, -0.1) is 0 Å². The third-order valence-electron chi connectivity index (χ3n) is 4.04. The molecule has 2 heteroatoms. The molecule has 0 aliphatic carbocycles. The summed E-state index contributed by atoms with van der Waals surface area (Å²) < 4.78 is 5.27. The molecule has 116 valence electrons. The van der Waals surface area contributed by atoms with E-state index in [-0.39, 0.29) is 0 Å². The van der Waals surface area contributed by atoms with Crippen LogP contribution in [0, 0.1) is 0 Å². The first kappa shape index (κ1) is 15.3. The molecule has 0 aromatic heterocycles. The summed E-state index contributed by atoms with van der Waals surface area (Å²) in [5.74, 6) is 1.19. The summed E-state index contributed by atoms with van der Waals surface area (Å²) in [4.78, 5) is 4.58. The molecule has 23 heavy (non-hydrogen) atoms. The van der Waals surface area contributed by atoms with Gasteiger partial charge in [0.2, 0.25) is 0 Å². The van der Waals surface area contributed by atoms with Gasteiger partial charge in [-0.05, 0) is 34.0 Å². The highest BCUT2D eigenvalue weighted by atomic mass is 16.5. The van der Waals surface area contributed by atoms with Crippen LogP contribution in [0.5, 0.6) is 5.75 Å². The Morgan fingerprint density at radius 3 is 2.48 bits per heavy atom. The lowest BCUT2D eigenvalue weighted by Gasteiger charge is -2.09. The van der Waals surface area contributed by atoms with Crippen molar-refractivity contribution in [2.24, 2.45) is 4.99 Å². The molecule has 0 saturated carbocycles. The number of benzene rings is 3. The van der Waals surface area contributed by atoms with E-state index in [1.165, 1.54) is 21.9 Å². The molecule has 0 bridgehead atoms. The number of fused-ring (bicyclic) bond motifs is 1. The lowest BCUT2D eigenvalue weighted by atomic mass is 9.98. The molecule has 0 heterocycles. The maximum Gasteiger partial charge on any atom is 0.119 e. The lowest BCUT2D eigenvalue weighted by molar-refractivity contribution is 0.415. The average molecular weight is 303 g/mol. The van der Waals surface area contributed by atoms with Gasteiger partial charge in [-0.1, -0.05) is 61.5 Å². The van der Waals surface area contributed by atoms with Gasteiger partial charge in [-0.2, -0.15) is 0 Å². The van der Waals surface area contributed by atoms with Crippen molar-refractivity contribution in [2.45, 2.75) is 19.4 Å². The molecular weight excluding hydrogens is 282 g/mol. The first-order chi connectivity index (χ1) is 11.3. The van der Waals surface area contributed by atoms with E-state index in [1.54, 1.807) is 7.11 Å². The number of aliphatic imine (C=N–C) groups is 1. The van der Waals surface area contributed by atoms with E-state index < -0.39 is 0 Å². The highest BCUT2D eigenvalue weighted by molar-refractivity contribution is 5.85. The van der Waals surface area contributed by atoms with Gasteiger partial charge in [0.05, 0.1) is 13.7 Å². The average Bonchev–Trinajstić information content (AvgIpc) is 2.61. The zero-order chi connectivity index (χ0) is 16.1. The van der Waals surface area contributed by atoms with E-state index in [1.807, 2.05) is 30.5 Å². The Balaban J connectivity index is 1.74. The number of nitrogens with zero attached hydrogens (tertiary/aromatic N) is 1. The van der Waals surface area contributed by atoms with Gasteiger partial charge in [-0.3, -0.25) is 4.99 Å². The molecule has 3 aromatic carbocycles. The molecule has 2 nitrogen and oxygen atoms in total. The standard InChI is InChI=1S/C21H21NO/c1-16(14-22-15-17-6-4-3-5-7-17)18-8-9-20-13-21(23-2)11-10-19(20)12-18/h3-14,16H,15H2,1-2H3. The summed E-state index contributed by atoms with van der Waals surface area (Å²) in [6, 6.07) is 23.0. The maximum absolute atomic E-state index is 5.27. The Hall–Kier alpha value is -2.61. The second kappa shape index (κ2) is 7.10. The monoisotopic (exact) mass is 303 g/mol. The van der Waals surface area contributed by atoms with Crippen LogP contribution in [0.3, 0.4) is 0 Å². The van der Waals surface area contributed by atoms with E-state index in [4.69, 9.17) is 4.74 Å². The third-order valence-corrected chi connectivity index (χ3v) is 4.04. The second-order valence-corrected chi connectivity index (χ2v) is 5.74. The van der Waals surface area contributed by atoms with Crippen molar-refractivity contribution in [1.29, 1.82) is 0 Å². The van der Waals surface area contributed by atoms with E-state index in [9.17, 15) is 0 Å². The Kier molecular flexibility index (Phi) is 4.72. The van der Waals surface area contributed by atoms with Crippen LogP contribution in [0.1, 0.15) is 24.0 Å². The first-order valence-electron chi connectivity index (χ1n) is 7.88. The highest BCUT2D eigenvalue weighted by Gasteiger charge is 2.04. The van der Waals surface area contributed by atoms with Crippen molar-refractivity contribution in [3.63, 3.8) is 0 Å². The van der Waals surface area contributed by atoms with Crippen molar-refractivity contribution < 1.29 is 4.74 Å². The normalized spacial score (nSPS) is 12.6. The van der Waals surface area contributed by atoms with Crippen LogP contribution in [0.2, 0.25) is 0 Å². The summed E-state index contributed by atoms with van der Waals surface area (Å²) in [5.41, 5.74) is 2.51. The molecule has 0 aliphatic rings. The van der Waals surface area contributed by atoms with Gasteiger partial charge in [-0.25, -0.2) is 0 Å². The fourth-order valence-corrected chi connectivity index (χ4v) is 2.64. The Labute approximate surface area is 137 Å². The molecule has 0 spiro atoms. The Morgan fingerprint density at radius 2 is 1.70 bits per heavy atom. The van der Waals surface area contributed by atoms with Gasteiger partial charge in [0.25, 0.3) is 0 Å². The molecule has 0 radical (unpaired) electrons. The van der Waals surface area contributed by atoms with Gasteiger partial charge < -0.3 is 4.74 Å². The Morgan fingerprint density at radius 1 is 0.957 bits per heavy atom. The first-order valence-corrected chi connectivity index (χ1v) is 7.88. The minimum Gasteiger partial charge on any atom is -0.497 e. The van der Waals surface area contributed by atoms with Crippen LogP contribution in [0.4, 0.5) is 0 Å². The lowest BCUT2D eigenvalue weighted by Crippen LogP contribution is -1.95. The fourth-order valence-electron chi connectivity index (χ4n) is 2.64. The second-order valence-electron chi connectivity index (χ2n) is 5.74. The quantitative estimate of drug-likeness (QED) is 0.592. The molecule has 0 saturated heterocycles. The van der Waals surface area contributed by atoms with Gasteiger partial charge in [0.1, 0.15) is 5.75 Å². The van der Waals surface area contributed by atoms with Crippen LogP contribution >= 0.6 is 0 Å². The van der Waals surface area contributed by atoms with E-state index in [0.717, 1.165) is 12.3 Å². The largest absolute Gasteiger partial charge is 0.497 e. The summed E-state index contributed by atoms with van der Waals surface area (Å²) in [6.07, 6.45) is 2.04. The summed E-state index contributed by atoms with van der Waals surface area (Å²) in [7, 11) is 1.70. The van der Waals surface area contributed by atoms with Crippen molar-refractivity contribution in [3.05, 3.63) is 77.9 Å². The topological polar surface area (TPSA) is 21.6 Å². The molecule has 1 unspecified atom stereocenters. The molecule has 3 aromatic rings. The van der Waals surface area contributed by atoms with Crippen LogP contribution in [-0.2, 0) is 6.54 Å². The minimum absolute atomic E-state index is 0.296. The predicted molar refractivity (Wildman–Crippen MR) is 97.6 cm³/mol. The van der Waals surface area contributed by atoms with Gasteiger partial charge in [0.15, 0.2) is 0 Å². The van der Waals surface area contributed by atoms with Gasteiger partial charge in [0, 0.05) is 12.1 Å². The highest BCUT2D eigenvalue weighted by Crippen LogP contribution is 2.24. The minimum atomic E-state index is 0.296. The SMILES string of the molecule is COc1ccc2cc(C(C)C=NCc3ccccc3)ccc2c1. The molecule has 0 N–H and O–H groups in total. The predicted octanol–water partition coefficient (Wildman–Crippen LogP) is 5.22. The number of methoxy groups -OCH3 is 1. The van der Waals surface area contributed by atoms with Crippen LogP contribution < -0.4 is 4.74 Å². The van der Waals surface area contributed by atoms with Crippen molar-refractivity contribution in [3.8, 4) is 5.75 Å².